The third-order valence-corrected chi connectivity index (χ3v) is 2.92. The Balaban J connectivity index is 0.00000112. The SMILES string of the molecule is Nc1cc(Cl)ccc1N1CCCCC1.[Cl-]. The van der Waals surface area contributed by atoms with Gasteiger partial charge in [0.1, 0.15) is 0 Å². The second-order valence-electron chi connectivity index (χ2n) is 3.75. The van der Waals surface area contributed by atoms with Crippen molar-refractivity contribution in [1.29, 1.82) is 0 Å². The minimum atomic E-state index is 0. The first-order valence-electron chi connectivity index (χ1n) is 5.07. The molecule has 0 aliphatic carbocycles. The van der Waals surface area contributed by atoms with Crippen molar-refractivity contribution in [1.82, 2.24) is 0 Å². The Morgan fingerprint density at radius 1 is 1.13 bits per heavy atom. The van der Waals surface area contributed by atoms with Gasteiger partial charge < -0.3 is 23.0 Å². The third-order valence-electron chi connectivity index (χ3n) is 2.69. The largest absolute Gasteiger partial charge is 1.00 e. The van der Waals surface area contributed by atoms with Crippen molar-refractivity contribution in [2.45, 2.75) is 19.3 Å². The normalized spacial score (nSPS) is 15.9. The summed E-state index contributed by atoms with van der Waals surface area (Å²) in [5, 5.41) is 0.711. The molecule has 1 aromatic carbocycles. The highest BCUT2D eigenvalue weighted by Crippen LogP contribution is 2.28. The van der Waals surface area contributed by atoms with Crippen LogP contribution in [0.2, 0.25) is 5.02 Å². The van der Waals surface area contributed by atoms with Crippen molar-refractivity contribution in [2.75, 3.05) is 23.7 Å². The van der Waals surface area contributed by atoms with Crippen LogP contribution in [0, 0.1) is 0 Å². The highest BCUT2D eigenvalue weighted by atomic mass is 35.5. The van der Waals surface area contributed by atoms with Crippen molar-refractivity contribution in [3.05, 3.63) is 23.2 Å². The van der Waals surface area contributed by atoms with E-state index in [0.717, 1.165) is 24.5 Å². The Hall–Kier alpha value is -0.600. The first kappa shape index (κ1) is 12.5. The fourth-order valence-corrected chi connectivity index (χ4v) is 2.13. The fourth-order valence-electron chi connectivity index (χ4n) is 1.95. The van der Waals surface area contributed by atoms with Crippen LogP contribution in [0.1, 0.15) is 19.3 Å². The molecular formula is C11H15Cl2N2-. The van der Waals surface area contributed by atoms with Gasteiger partial charge in [0.05, 0.1) is 11.4 Å². The number of halogens is 2. The van der Waals surface area contributed by atoms with E-state index in [0.29, 0.717) is 5.02 Å². The lowest BCUT2D eigenvalue weighted by Gasteiger charge is -2.29. The van der Waals surface area contributed by atoms with Gasteiger partial charge in [0.15, 0.2) is 0 Å². The number of anilines is 2. The van der Waals surface area contributed by atoms with Crippen molar-refractivity contribution in [2.24, 2.45) is 0 Å². The molecular weight excluding hydrogens is 231 g/mol. The van der Waals surface area contributed by atoms with E-state index in [4.69, 9.17) is 17.3 Å². The van der Waals surface area contributed by atoms with Gasteiger partial charge in [0.2, 0.25) is 0 Å². The maximum absolute atomic E-state index is 5.93. The standard InChI is InChI=1S/C11H15ClN2.ClH/c12-9-4-5-11(10(13)8-9)14-6-2-1-3-7-14;/h4-5,8H,1-3,6-7,13H2;1H/p-1. The van der Waals surface area contributed by atoms with E-state index < -0.39 is 0 Å². The van der Waals surface area contributed by atoms with Crippen LogP contribution in [0.5, 0.6) is 0 Å². The van der Waals surface area contributed by atoms with Crippen LogP contribution in [-0.2, 0) is 0 Å². The van der Waals surface area contributed by atoms with Crippen molar-refractivity contribution in [3.63, 3.8) is 0 Å². The smallest absolute Gasteiger partial charge is 0.0600 e. The summed E-state index contributed by atoms with van der Waals surface area (Å²) in [5.41, 5.74) is 7.85. The molecule has 0 atom stereocenters. The number of hydrogen-bond acceptors (Lipinski definition) is 2. The minimum Gasteiger partial charge on any atom is -1.00 e. The van der Waals surface area contributed by atoms with Crippen LogP contribution in [0.3, 0.4) is 0 Å². The average molecular weight is 246 g/mol. The van der Waals surface area contributed by atoms with Crippen LogP contribution in [0.15, 0.2) is 18.2 Å². The lowest BCUT2D eigenvalue weighted by molar-refractivity contribution is -0.00000277. The molecule has 0 amide bonds. The van der Waals surface area contributed by atoms with Crippen molar-refractivity contribution < 1.29 is 12.4 Å². The lowest BCUT2D eigenvalue weighted by atomic mass is 10.1. The molecule has 2 N–H and O–H groups in total. The number of nitrogens with zero attached hydrogens (tertiary/aromatic N) is 1. The van der Waals surface area contributed by atoms with E-state index in [1.54, 1.807) is 0 Å². The molecule has 15 heavy (non-hydrogen) atoms. The zero-order valence-corrected chi connectivity index (χ0v) is 10.1. The second kappa shape index (κ2) is 5.47. The Kier molecular flexibility index (Phi) is 4.55. The van der Waals surface area contributed by atoms with E-state index in [-0.39, 0.29) is 12.4 Å². The minimum absolute atomic E-state index is 0. The van der Waals surface area contributed by atoms with E-state index >= 15 is 0 Å². The average Bonchev–Trinajstić information content (AvgIpc) is 2.19. The number of piperidine rings is 1. The molecule has 0 radical (unpaired) electrons. The first-order valence-corrected chi connectivity index (χ1v) is 5.45. The summed E-state index contributed by atoms with van der Waals surface area (Å²) in [5.74, 6) is 0. The highest BCUT2D eigenvalue weighted by Gasteiger charge is 2.12. The summed E-state index contributed by atoms with van der Waals surface area (Å²) < 4.78 is 0. The van der Waals surface area contributed by atoms with Crippen LogP contribution in [0.25, 0.3) is 0 Å². The summed E-state index contributed by atoms with van der Waals surface area (Å²) in [6, 6.07) is 5.75. The fraction of sp³-hybridized carbons (Fsp3) is 0.455. The zero-order valence-electron chi connectivity index (χ0n) is 8.55. The number of hydrogen-bond donors (Lipinski definition) is 1. The molecule has 1 aromatic rings. The number of benzene rings is 1. The summed E-state index contributed by atoms with van der Waals surface area (Å²) in [6.45, 7) is 2.23. The molecule has 1 saturated heterocycles. The maximum atomic E-state index is 5.93. The van der Waals surface area contributed by atoms with Gasteiger partial charge in [-0.1, -0.05) is 11.6 Å². The molecule has 4 heteroatoms. The summed E-state index contributed by atoms with van der Waals surface area (Å²) >= 11 is 5.86. The number of rotatable bonds is 1. The first-order chi connectivity index (χ1) is 6.77. The molecule has 0 spiro atoms. The van der Waals surface area contributed by atoms with Gasteiger partial charge in [-0.3, -0.25) is 0 Å². The zero-order chi connectivity index (χ0) is 9.97. The van der Waals surface area contributed by atoms with E-state index in [2.05, 4.69) is 4.90 Å². The predicted molar refractivity (Wildman–Crippen MR) is 61.9 cm³/mol. The molecule has 0 bridgehead atoms. The van der Waals surface area contributed by atoms with Crippen molar-refractivity contribution in [3.8, 4) is 0 Å². The van der Waals surface area contributed by atoms with E-state index in [1.807, 2.05) is 18.2 Å². The number of nitrogens with two attached hydrogens (primary N) is 1. The third kappa shape index (κ3) is 2.93. The van der Waals surface area contributed by atoms with Crippen LogP contribution < -0.4 is 23.0 Å². The predicted octanol–water partition coefficient (Wildman–Crippen LogP) is -0.0835. The Morgan fingerprint density at radius 3 is 2.40 bits per heavy atom. The van der Waals surface area contributed by atoms with Gasteiger partial charge in [-0.05, 0) is 37.5 Å². The Labute approximate surface area is 102 Å². The Morgan fingerprint density at radius 2 is 1.80 bits per heavy atom. The van der Waals surface area contributed by atoms with E-state index in [9.17, 15) is 0 Å². The Bertz CT molecular complexity index is 322. The van der Waals surface area contributed by atoms with Crippen molar-refractivity contribution >= 4 is 23.0 Å². The molecule has 2 nitrogen and oxygen atoms in total. The topological polar surface area (TPSA) is 29.3 Å². The monoisotopic (exact) mass is 245 g/mol. The highest BCUT2D eigenvalue weighted by molar-refractivity contribution is 6.31. The molecule has 2 rings (SSSR count). The van der Waals surface area contributed by atoms with Gasteiger partial charge >= 0.3 is 0 Å². The molecule has 0 aromatic heterocycles. The van der Waals surface area contributed by atoms with Gasteiger partial charge in [-0.15, -0.1) is 0 Å². The quantitative estimate of drug-likeness (QED) is 0.702. The summed E-state index contributed by atoms with van der Waals surface area (Å²) in [7, 11) is 0. The molecule has 1 aliphatic rings. The molecule has 0 unspecified atom stereocenters. The van der Waals surface area contributed by atoms with Gasteiger partial charge in [-0.25, -0.2) is 0 Å². The molecule has 1 heterocycles. The molecule has 1 aliphatic heterocycles. The number of nitrogen functional groups attached to an aromatic ring is 1. The summed E-state index contributed by atoms with van der Waals surface area (Å²) in [4.78, 5) is 2.34. The van der Waals surface area contributed by atoms with Crippen LogP contribution in [-0.4, -0.2) is 13.1 Å². The van der Waals surface area contributed by atoms with E-state index in [1.165, 1.54) is 19.3 Å². The summed E-state index contributed by atoms with van der Waals surface area (Å²) in [6.07, 6.45) is 3.87. The van der Waals surface area contributed by atoms with Gasteiger partial charge in [-0.2, -0.15) is 0 Å². The maximum Gasteiger partial charge on any atom is 0.0600 e. The molecule has 84 valence electrons. The second-order valence-corrected chi connectivity index (χ2v) is 4.19. The van der Waals surface area contributed by atoms with Crippen LogP contribution >= 0.6 is 11.6 Å². The van der Waals surface area contributed by atoms with Gasteiger partial charge in [0, 0.05) is 18.1 Å². The van der Waals surface area contributed by atoms with Crippen LogP contribution in [0.4, 0.5) is 11.4 Å². The lowest BCUT2D eigenvalue weighted by Crippen LogP contribution is -3.00. The van der Waals surface area contributed by atoms with Gasteiger partial charge in [0.25, 0.3) is 0 Å². The molecule has 0 saturated carbocycles. The molecule has 1 fully saturated rings.